The van der Waals surface area contributed by atoms with Gasteiger partial charge in [0.15, 0.2) is 0 Å². The fourth-order valence-electron chi connectivity index (χ4n) is 3.59. The predicted octanol–water partition coefficient (Wildman–Crippen LogP) is 1.70. The number of piperidine rings is 1. The summed E-state index contributed by atoms with van der Waals surface area (Å²) < 4.78 is 1.79. The molecule has 2 aromatic rings. The van der Waals surface area contributed by atoms with E-state index in [9.17, 15) is 14.7 Å². The summed E-state index contributed by atoms with van der Waals surface area (Å²) in [6.07, 6.45) is 3.08. The van der Waals surface area contributed by atoms with Gasteiger partial charge in [0.2, 0.25) is 5.91 Å². The lowest BCUT2D eigenvalue weighted by Gasteiger charge is -2.39. The number of benzene rings is 1. The second-order valence-electron chi connectivity index (χ2n) is 7.90. The number of rotatable bonds is 5. The number of urea groups is 1. The Labute approximate surface area is 171 Å². The number of aromatic nitrogens is 2. The first-order chi connectivity index (χ1) is 13.8. The molecule has 0 saturated carbocycles. The van der Waals surface area contributed by atoms with Crippen LogP contribution in [0.4, 0.5) is 4.79 Å². The number of nitrogens with one attached hydrogen (secondary N) is 1. The monoisotopic (exact) mass is 399 g/mol. The summed E-state index contributed by atoms with van der Waals surface area (Å²) in [5, 5.41) is 18.2. The Bertz CT molecular complexity index is 879. The molecule has 3 rings (SSSR count). The van der Waals surface area contributed by atoms with Crippen LogP contribution in [-0.2, 0) is 11.3 Å². The van der Waals surface area contributed by atoms with E-state index in [1.165, 1.54) is 4.90 Å². The maximum atomic E-state index is 12.7. The number of nitrogens with zero attached hydrogens (tertiary/aromatic N) is 4. The molecule has 3 amide bonds. The van der Waals surface area contributed by atoms with Crippen molar-refractivity contribution in [3.63, 3.8) is 0 Å². The third kappa shape index (κ3) is 5.14. The summed E-state index contributed by atoms with van der Waals surface area (Å²) in [5.74, 6) is -0.141. The van der Waals surface area contributed by atoms with Crippen LogP contribution in [0.25, 0.3) is 5.69 Å². The number of aryl methyl sites for hydroxylation is 1. The summed E-state index contributed by atoms with van der Waals surface area (Å²) in [5.41, 5.74) is 1.59. The lowest BCUT2D eigenvalue weighted by molar-refractivity contribution is -0.135. The van der Waals surface area contributed by atoms with Gasteiger partial charge < -0.3 is 20.2 Å². The molecule has 0 spiro atoms. The number of para-hydroxylation sites is 1. The van der Waals surface area contributed by atoms with Crippen molar-refractivity contribution < 1.29 is 14.7 Å². The maximum Gasteiger partial charge on any atom is 0.317 e. The summed E-state index contributed by atoms with van der Waals surface area (Å²) in [7, 11) is 3.33. The third-order valence-electron chi connectivity index (χ3n) is 5.21. The zero-order valence-corrected chi connectivity index (χ0v) is 17.3. The van der Waals surface area contributed by atoms with Gasteiger partial charge in [-0.2, -0.15) is 5.10 Å². The Hall–Kier alpha value is -2.87. The zero-order valence-electron chi connectivity index (χ0n) is 17.3. The topological polar surface area (TPSA) is 90.7 Å². The van der Waals surface area contributed by atoms with Crippen molar-refractivity contribution in [3.8, 4) is 5.69 Å². The standard InChI is InChI=1S/C21H29N5O3/c1-16-9-12-26(23-16)18-8-5-4-7-17(18)14-22-20(28)25-11-6-10-21(29,15-25)13-19(27)24(2)3/h4-5,7-9,12,29H,6,10-11,13-15H2,1-3H3,(H,22,28). The van der Waals surface area contributed by atoms with E-state index in [-0.39, 0.29) is 24.9 Å². The van der Waals surface area contributed by atoms with Gasteiger partial charge in [0, 0.05) is 33.4 Å². The van der Waals surface area contributed by atoms with Crippen molar-refractivity contribution in [2.45, 2.75) is 38.3 Å². The molecule has 0 aliphatic carbocycles. The average molecular weight is 399 g/mol. The summed E-state index contributed by atoms with van der Waals surface area (Å²) in [4.78, 5) is 27.8. The molecule has 2 heterocycles. The molecule has 8 nitrogen and oxygen atoms in total. The molecule has 8 heteroatoms. The largest absolute Gasteiger partial charge is 0.387 e. The van der Waals surface area contributed by atoms with Crippen LogP contribution in [-0.4, -0.2) is 69.4 Å². The van der Waals surface area contributed by atoms with E-state index in [4.69, 9.17) is 0 Å². The molecule has 1 aromatic heterocycles. The molecular weight excluding hydrogens is 370 g/mol. The first-order valence-corrected chi connectivity index (χ1v) is 9.83. The van der Waals surface area contributed by atoms with Crippen molar-refractivity contribution in [1.29, 1.82) is 0 Å². The van der Waals surface area contributed by atoms with Crippen LogP contribution < -0.4 is 5.32 Å². The molecule has 1 aliphatic heterocycles. The fraction of sp³-hybridized carbons (Fsp3) is 0.476. The van der Waals surface area contributed by atoms with Gasteiger partial charge in [-0.25, -0.2) is 9.48 Å². The first kappa shape index (κ1) is 20.9. The summed E-state index contributed by atoms with van der Waals surface area (Å²) >= 11 is 0. The minimum Gasteiger partial charge on any atom is -0.387 e. The van der Waals surface area contributed by atoms with Gasteiger partial charge in [-0.3, -0.25) is 4.79 Å². The fourth-order valence-corrected chi connectivity index (χ4v) is 3.59. The number of β-amino-alcohol motifs (C(OH)–C–C–N with tert-alkyl or cyclic N) is 1. The molecule has 1 aliphatic rings. The van der Waals surface area contributed by atoms with Crippen molar-refractivity contribution in [1.82, 2.24) is 24.9 Å². The smallest absolute Gasteiger partial charge is 0.317 e. The van der Waals surface area contributed by atoms with Gasteiger partial charge in [0.05, 0.1) is 29.9 Å². The number of likely N-dealkylation sites (tertiary alicyclic amines) is 1. The first-order valence-electron chi connectivity index (χ1n) is 9.83. The van der Waals surface area contributed by atoms with E-state index in [0.29, 0.717) is 25.9 Å². The Morgan fingerprint density at radius 3 is 2.72 bits per heavy atom. The van der Waals surface area contributed by atoms with Crippen LogP contribution in [0.3, 0.4) is 0 Å². The van der Waals surface area contributed by atoms with E-state index in [1.54, 1.807) is 23.7 Å². The zero-order chi connectivity index (χ0) is 21.0. The molecular formula is C21H29N5O3. The predicted molar refractivity (Wildman–Crippen MR) is 110 cm³/mol. The minimum absolute atomic E-state index is 0.0191. The second kappa shape index (κ2) is 8.65. The Balaban J connectivity index is 1.63. The van der Waals surface area contributed by atoms with Gasteiger partial charge in [-0.05, 0) is 37.5 Å². The number of amides is 3. The number of carbonyl (C=O) groups is 2. The average Bonchev–Trinajstić information content (AvgIpc) is 3.12. The molecule has 1 fully saturated rings. The lowest BCUT2D eigenvalue weighted by atomic mass is 9.89. The Morgan fingerprint density at radius 1 is 1.28 bits per heavy atom. The summed E-state index contributed by atoms with van der Waals surface area (Å²) in [6, 6.07) is 9.46. The highest BCUT2D eigenvalue weighted by molar-refractivity contribution is 5.77. The Morgan fingerprint density at radius 2 is 2.03 bits per heavy atom. The van der Waals surface area contributed by atoms with Crippen LogP contribution in [0, 0.1) is 6.92 Å². The molecule has 1 unspecified atom stereocenters. The van der Waals surface area contributed by atoms with E-state index in [0.717, 1.165) is 16.9 Å². The van der Waals surface area contributed by atoms with Gasteiger partial charge >= 0.3 is 6.03 Å². The highest BCUT2D eigenvalue weighted by Crippen LogP contribution is 2.25. The number of hydrogen-bond donors (Lipinski definition) is 2. The number of carbonyl (C=O) groups excluding carboxylic acids is 2. The second-order valence-corrected chi connectivity index (χ2v) is 7.90. The highest BCUT2D eigenvalue weighted by Gasteiger charge is 2.37. The number of aliphatic hydroxyl groups is 1. The highest BCUT2D eigenvalue weighted by atomic mass is 16.3. The number of hydrogen-bond acceptors (Lipinski definition) is 4. The molecule has 1 aromatic carbocycles. The molecule has 0 bridgehead atoms. The molecule has 156 valence electrons. The molecule has 2 N–H and O–H groups in total. The van der Waals surface area contributed by atoms with Crippen LogP contribution in [0.2, 0.25) is 0 Å². The van der Waals surface area contributed by atoms with E-state index >= 15 is 0 Å². The molecule has 1 atom stereocenters. The maximum absolute atomic E-state index is 12.7. The van der Waals surface area contributed by atoms with Crippen LogP contribution in [0.1, 0.15) is 30.5 Å². The molecule has 29 heavy (non-hydrogen) atoms. The van der Waals surface area contributed by atoms with Gasteiger partial charge in [-0.15, -0.1) is 0 Å². The lowest BCUT2D eigenvalue weighted by Crippen LogP contribution is -2.54. The van der Waals surface area contributed by atoms with Crippen molar-refractivity contribution >= 4 is 11.9 Å². The van der Waals surface area contributed by atoms with Gasteiger partial charge in [-0.1, -0.05) is 18.2 Å². The van der Waals surface area contributed by atoms with Crippen LogP contribution >= 0.6 is 0 Å². The Kier molecular flexibility index (Phi) is 6.22. The van der Waals surface area contributed by atoms with Crippen molar-refractivity contribution in [2.75, 3.05) is 27.2 Å². The normalized spacial score (nSPS) is 19.1. The van der Waals surface area contributed by atoms with Crippen molar-refractivity contribution in [3.05, 3.63) is 47.8 Å². The SMILES string of the molecule is Cc1ccn(-c2ccccc2CNC(=O)N2CCCC(O)(CC(=O)N(C)C)C2)n1. The molecule has 1 saturated heterocycles. The minimum atomic E-state index is -1.18. The third-order valence-corrected chi connectivity index (χ3v) is 5.21. The van der Waals surface area contributed by atoms with E-state index in [2.05, 4.69) is 10.4 Å². The van der Waals surface area contributed by atoms with Crippen molar-refractivity contribution in [2.24, 2.45) is 0 Å². The van der Waals surface area contributed by atoms with Gasteiger partial charge in [0.1, 0.15) is 0 Å². The van der Waals surface area contributed by atoms with Crippen LogP contribution in [0.5, 0.6) is 0 Å². The quantitative estimate of drug-likeness (QED) is 0.801. The van der Waals surface area contributed by atoms with Crippen LogP contribution in [0.15, 0.2) is 36.5 Å². The molecule has 0 radical (unpaired) electrons. The van der Waals surface area contributed by atoms with E-state index < -0.39 is 5.60 Å². The van der Waals surface area contributed by atoms with E-state index in [1.807, 2.05) is 43.5 Å². The summed E-state index contributed by atoms with van der Waals surface area (Å²) in [6.45, 7) is 2.99. The van der Waals surface area contributed by atoms with Gasteiger partial charge in [0.25, 0.3) is 0 Å².